The first-order chi connectivity index (χ1) is 12.7. The van der Waals surface area contributed by atoms with E-state index in [1.807, 2.05) is 54.6 Å². The summed E-state index contributed by atoms with van der Waals surface area (Å²) in [5.74, 6) is 0. The molecule has 2 amide bonds. The molecule has 26 heavy (non-hydrogen) atoms. The molecule has 0 aliphatic heterocycles. The van der Waals surface area contributed by atoms with Crippen LogP contribution >= 0.6 is 0 Å². The maximum absolute atomic E-state index is 12.0. The van der Waals surface area contributed by atoms with Crippen LogP contribution in [0.1, 0.15) is 17.2 Å². The number of nitrogens with zero attached hydrogens (tertiary/aromatic N) is 2. The number of rotatable bonds is 5. The van der Waals surface area contributed by atoms with Crippen LogP contribution in [-0.2, 0) is 0 Å². The lowest BCUT2D eigenvalue weighted by Crippen LogP contribution is -2.33. The van der Waals surface area contributed by atoms with Crippen LogP contribution < -0.4 is 10.7 Å². The number of para-hydroxylation sites is 1. The molecule has 1 unspecified atom stereocenters. The van der Waals surface area contributed by atoms with Crippen molar-refractivity contribution in [3.05, 3.63) is 102 Å². The van der Waals surface area contributed by atoms with Gasteiger partial charge in [0.15, 0.2) is 0 Å². The van der Waals surface area contributed by atoms with Gasteiger partial charge in [-0.25, -0.2) is 4.79 Å². The lowest BCUT2D eigenvalue weighted by molar-refractivity contribution is 0.246. The van der Waals surface area contributed by atoms with E-state index < -0.39 is 12.1 Å². The van der Waals surface area contributed by atoms with Gasteiger partial charge >= 0.3 is 6.03 Å². The second-order valence-corrected chi connectivity index (χ2v) is 5.65. The number of benzene rings is 3. The smallest absolute Gasteiger partial charge is 0.340 e. The molecule has 0 bridgehead atoms. The summed E-state index contributed by atoms with van der Waals surface area (Å²) in [6, 6.07) is 26.5. The number of aliphatic hydroxyl groups excluding tert-OH is 1. The molecule has 5 heteroatoms. The molecule has 3 N–H and O–H groups in total. The Balaban J connectivity index is 2.10. The molecule has 0 saturated carbocycles. The molecule has 0 radical (unpaired) electrons. The Morgan fingerprint density at radius 3 is 1.88 bits per heavy atom. The Labute approximate surface area is 152 Å². The predicted molar refractivity (Wildman–Crippen MR) is 103 cm³/mol. The van der Waals surface area contributed by atoms with Crippen molar-refractivity contribution >= 4 is 17.4 Å². The van der Waals surface area contributed by atoms with Crippen molar-refractivity contribution < 1.29 is 9.90 Å². The van der Waals surface area contributed by atoms with Gasteiger partial charge in [-0.3, -0.25) is 0 Å². The van der Waals surface area contributed by atoms with Crippen molar-refractivity contribution in [3.63, 3.8) is 0 Å². The Bertz CT molecular complexity index is 881. The molecule has 3 aromatic carbocycles. The van der Waals surface area contributed by atoms with Crippen LogP contribution in [0, 0.1) is 0 Å². The first-order valence-electron chi connectivity index (χ1n) is 8.18. The third-order valence-electron chi connectivity index (χ3n) is 3.86. The number of carbonyl (C=O) groups excluding carboxylic acids is 1. The highest BCUT2D eigenvalue weighted by Crippen LogP contribution is 2.22. The van der Waals surface area contributed by atoms with Crippen molar-refractivity contribution in [2.24, 2.45) is 10.8 Å². The van der Waals surface area contributed by atoms with Crippen LogP contribution in [0.3, 0.4) is 0 Å². The zero-order valence-electron chi connectivity index (χ0n) is 14.1. The van der Waals surface area contributed by atoms with Gasteiger partial charge in [0.1, 0.15) is 11.8 Å². The van der Waals surface area contributed by atoms with Crippen LogP contribution in [0.25, 0.3) is 0 Å². The summed E-state index contributed by atoms with van der Waals surface area (Å²) in [6.07, 6.45) is -1.01. The van der Waals surface area contributed by atoms with Crippen molar-refractivity contribution in [2.45, 2.75) is 6.10 Å². The summed E-state index contributed by atoms with van der Waals surface area (Å²) < 4.78 is 0. The molecule has 3 aromatic rings. The number of hydrogen-bond acceptors (Lipinski definition) is 3. The molecular weight excluding hydrogens is 326 g/mol. The summed E-state index contributed by atoms with van der Waals surface area (Å²) >= 11 is 0. The fourth-order valence-electron chi connectivity index (χ4n) is 2.58. The number of amides is 2. The van der Waals surface area contributed by atoms with Gasteiger partial charge in [0.25, 0.3) is 0 Å². The monoisotopic (exact) mass is 345 g/mol. The molecule has 5 nitrogen and oxygen atoms in total. The quantitative estimate of drug-likeness (QED) is 0.546. The van der Waals surface area contributed by atoms with Crippen LogP contribution in [0.5, 0.6) is 0 Å². The number of nitrogens with two attached hydrogens (primary N) is 1. The van der Waals surface area contributed by atoms with Gasteiger partial charge in [0.2, 0.25) is 0 Å². The average molecular weight is 345 g/mol. The number of hydrogen-bond donors (Lipinski definition) is 2. The third kappa shape index (κ3) is 3.96. The first kappa shape index (κ1) is 17.4. The maximum Gasteiger partial charge on any atom is 0.340 e. The molecule has 0 heterocycles. The van der Waals surface area contributed by atoms with Gasteiger partial charge in [-0.05, 0) is 17.7 Å². The van der Waals surface area contributed by atoms with Crippen LogP contribution in [0.4, 0.5) is 10.5 Å². The SMILES string of the molecule is NC(=O)N(/N=C(\c1ccccc1)C(O)c1ccccc1)c1ccccc1. The van der Waals surface area contributed by atoms with Crippen molar-refractivity contribution in [3.8, 4) is 0 Å². The number of hydrazone groups is 1. The van der Waals surface area contributed by atoms with Gasteiger partial charge in [-0.1, -0.05) is 78.9 Å². The molecule has 130 valence electrons. The Kier molecular flexibility index (Phi) is 5.41. The summed E-state index contributed by atoms with van der Waals surface area (Å²) in [5, 5.41) is 16.4. The Morgan fingerprint density at radius 1 is 0.846 bits per heavy atom. The standard InChI is InChI=1S/C21H19N3O2/c22-21(26)24(18-14-8-3-9-15-18)23-19(16-10-4-1-5-11-16)20(25)17-12-6-2-7-13-17/h1-15,20,25H,(H2,22,26)/b23-19+. The second-order valence-electron chi connectivity index (χ2n) is 5.65. The summed E-state index contributed by atoms with van der Waals surface area (Å²) in [5.41, 5.74) is 7.76. The fourth-order valence-corrected chi connectivity index (χ4v) is 2.58. The van der Waals surface area contributed by atoms with Crippen LogP contribution in [0.2, 0.25) is 0 Å². The van der Waals surface area contributed by atoms with E-state index in [0.29, 0.717) is 22.5 Å². The lowest BCUT2D eigenvalue weighted by Gasteiger charge is -2.20. The average Bonchev–Trinajstić information content (AvgIpc) is 2.70. The van der Waals surface area contributed by atoms with E-state index in [1.54, 1.807) is 36.4 Å². The molecule has 0 aliphatic carbocycles. The highest BCUT2D eigenvalue weighted by atomic mass is 16.3. The molecule has 0 spiro atoms. The van der Waals surface area contributed by atoms with Gasteiger partial charge < -0.3 is 10.8 Å². The molecule has 0 aliphatic rings. The second kappa shape index (κ2) is 8.09. The topological polar surface area (TPSA) is 78.9 Å². The normalized spacial score (nSPS) is 12.4. The number of anilines is 1. The maximum atomic E-state index is 12.0. The van der Waals surface area contributed by atoms with Gasteiger partial charge in [0.05, 0.1) is 5.69 Å². The molecule has 1 atom stereocenters. The van der Waals surface area contributed by atoms with E-state index in [2.05, 4.69) is 5.10 Å². The number of primary amides is 1. The van der Waals surface area contributed by atoms with E-state index in [1.165, 1.54) is 0 Å². The zero-order valence-corrected chi connectivity index (χ0v) is 14.1. The van der Waals surface area contributed by atoms with E-state index >= 15 is 0 Å². The summed E-state index contributed by atoms with van der Waals surface area (Å²) in [7, 11) is 0. The molecule has 0 aromatic heterocycles. The summed E-state index contributed by atoms with van der Waals surface area (Å²) in [4.78, 5) is 12.0. The van der Waals surface area contributed by atoms with Crippen molar-refractivity contribution in [2.75, 3.05) is 5.01 Å². The zero-order chi connectivity index (χ0) is 18.4. The molecule has 0 saturated heterocycles. The predicted octanol–water partition coefficient (Wildman–Crippen LogP) is 3.71. The Hall–Kier alpha value is -3.44. The number of carbonyl (C=O) groups is 1. The molecular formula is C21H19N3O2. The van der Waals surface area contributed by atoms with E-state index in [0.717, 1.165) is 5.01 Å². The lowest BCUT2D eigenvalue weighted by atomic mass is 9.99. The van der Waals surface area contributed by atoms with E-state index in [-0.39, 0.29) is 0 Å². The van der Waals surface area contributed by atoms with E-state index in [9.17, 15) is 9.90 Å². The highest BCUT2D eigenvalue weighted by molar-refractivity contribution is 6.06. The minimum absolute atomic E-state index is 0.333. The highest BCUT2D eigenvalue weighted by Gasteiger charge is 2.21. The number of aliphatic hydroxyl groups is 1. The summed E-state index contributed by atoms with van der Waals surface area (Å²) in [6.45, 7) is 0. The fraction of sp³-hybridized carbons (Fsp3) is 0.0476. The van der Waals surface area contributed by atoms with Gasteiger partial charge in [-0.2, -0.15) is 10.1 Å². The Morgan fingerprint density at radius 2 is 1.35 bits per heavy atom. The van der Waals surface area contributed by atoms with Gasteiger partial charge in [-0.15, -0.1) is 0 Å². The molecule has 3 rings (SSSR count). The van der Waals surface area contributed by atoms with Crippen molar-refractivity contribution in [1.82, 2.24) is 0 Å². The minimum Gasteiger partial charge on any atom is -0.382 e. The van der Waals surface area contributed by atoms with E-state index in [4.69, 9.17) is 5.73 Å². The van der Waals surface area contributed by atoms with Gasteiger partial charge in [0, 0.05) is 5.56 Å². The third-order valence-corrected chi connectivity index (χ3v) is 3.86. The van der Waals surface area contributed by atoms with Crippen molar-refractivity contribution in [1.29, 1.82) is 0 Å². The minimum atomic E-state index is -1.01. The first-order valence-corrected chi connectivity index (χ1v) is 8.18. The van der Waals surface area contributed by atoms with Crippen LogP contribution in [-0.4, -0.2) is 16.8 Å². The molecule has 0 fully saturated rings. The largest absolute Gasteiger partial charge is 0.382 e. The van der Waals surface area contributed by atoms with Crippen LogP contribution in [0.15, 0.2) is 96.1 Å². The number of urea groups is 1.